The molecular formula is C26H36FN5O2. The Morgan fingerprint density at radius 1 is 1.03 bits per heavy atom. The molecule has 2 aromatic carbocycles. The molecule has 7 nitrogen and oxygen atoms in total. The summed E-state index contributed by atoms with van der Waals surface area (Å²) in [6, 6.07) is 15.2. The SMILES string of the molecule is CC1CN(c2ccc(NC(=O)NCC(C)N3CCN(c4ccccc4)CC3)cc2F)CC(C)O1. The van der Waals surface area contributed by atoms with Crippen molar-refractivity contribution < 1.29 is 13.9 Å². The number of nitrogens with zero attached hydrogens (tertiary/aromatic N) is 3. The molecule has 184 valence electrons. The predicted molar refractivity (Wildman–Crippen MR) is 135 cm³/mol. The molecule has 0 aliphatic carbocycles. The van der Waals surface area contributed by atoms with Crippen LogP contribution in [-0.2, 0) is 4.74 Å². The molecule has 2 amide bonds. The third-order valence-electron chi connectivity index (χ3n) is 6.58. The number of urea groups is 1. The van der Waals surface area contributed by atoms with Crippen LogP contribution in [0.4, 0.5) is 26.2 Å². The van der Waals surface area contributed by atoms with E-state index in [0.717, 1.165) is 26.2 Å². The zero-order valence-electron chi connectivity index (χ0n) is 20.3. The first-order chi connectivity index (χ1) is 16.4. The van der Waals surface area contributed by atoms with Crippen LogP contribution in [0.1, 0.15) is 20.8 Å². The standard InChI is InChI=1S/C26H36FN5O2/c1-19(30-11-13-31(14-12-30)23-7-5-4-6-8-23)16-28-26(33)29-22-9-10-25(24(27)15-22)32-17-20(2)34-21(3)18-32/h4-10,15,19-21H,11-14,16-18H2,1-3H3,(H2,28,29,33). The molecule has 4 rings (SSSR count). The highest BCUT2D eigenvalue weighted by molar-refractivity contribution is 5.89. The fourth-order valence-electron chi connectivity index (χ4n) is 4.82. The van der Waals surface area contributed by atoms with Crippen molar-refractivity contribution in [2.24, 2.45) is 0 Å². The van der Waals surface area contributed by atoms with Gasteiger partial charge in [-0.1, -0.05) is 18.2 Å². The zero-order chi connectivity index (χ0) is 24.1. The molecule has 3 unspecified atom stereocenters. The molecule has 34 heavy (non-hydrogen) atoms. The van der Waals surface area contributed by atoms with Crippen LogP contribution in [0.25, 0.3) is 0 Å². The summed E-state index contributed by atoms with van der Waals surface area (Å²) in [6.07, 6.45) is 0.102. The van der Waals surface area contributed by atoms with Gasteiger partial charge in [-0.2, -0.15) is 0 Å². The Balaban J connectivity index is 1.23. The summed E-state index contributed by atoms with van der Waals surface area (Å²) in [5.74, 6) is -0.344. The van der Waals surface area contributed by atoms with Gasteiger partial charge in [0.05, 0.1) is 17.9 Å². The normalized spacial score (nSPS) is 22.4. The number of morpholine rings is 1. The number of benzene rings is 2. The van der Waals surface area contributed by atoms with Crippen LogP contribution in [0.2, 0.25) is 0 Å². The molecule has 8 heteroatoms. The van der Waals surface area contributed by atoms with Crippen molar-refractivity contribution in [3.05, 3.63) is 54.3 Å². The van der Waals surface area contributed by atoms with E-state index in [-0.39, 0.29) is 30.1 Å². The van der Waals surface area contributed by atoms with E-state index >= 15 is 0 Å². The van der Waals surface area contributed by atoms with Crippen LogP contribution >= 0.6 is 0 Å². The average molecular weight is 470 g/mol. The second kappa shape index (κ2) is 11.1. The maximum atomic E-state index is 14.8. The molecule has 2 aliphatic rings. The lowest BCUT2D eigenvalue weighted by molar-refractivity contribution is -0.00539. The van der Waals surface area contributed by atoms with Crippen LogP contribution in [0.3, 0.4) is 0 Å². The highest BCUT2D eigenvalue weighted by Crippen LogP contribution is 2.26. The first kappa shape index (κ1) is 24.3. The van der Waals surface area contributed by atoms with E-state index < -0.39 is 0 Å². The van der Waals surface area contributed by atoms with Gasteiger partial charge in [0.2, 0.25) is 0 Å². The van der Waals surface area contributed by atoms with Gasteiger partial charge in [0, 0.05) is 63.2 Å². The van der Waals surface area contributed by atoms with E-state index in [1.807, 2.05) is 24.8 Å². The number of amides is 2. The predicted octanol–water partition coefficient (Wildman–Crippen LogP) is 3.77. The number of anilines is 3. The van der Waals surface area contributed by atoms with E-state index in [1.54, 1.807) is 12.1 Å². The Kier molecular flexibility index (Phi) is 7.90. The summed E-state index contributed by atoms with van der Waals surface area (Å²) in [4.78, 5) is 19.2. The number of halogens is 1. The minimum absolute atomic E-state index is 0.0510. The molecule has 0 spiro atoms. The van der Waals surface area contributed by atoms with Gasteiger partial charge in [0.15, 0.2) is 0 Å². The summed E-state index contributed by atoms with van der Waals surface area (Å²) >= 11 is 0. The fraction of sp³-hybridized carbons (Fsp3) is 0.500. The quantitative estimate of drug-likeness (QED) is 0.675. The lowest BCUT2D eigenvalue weighted by Gasteiger charge is -2.39. The third kappa shape index (κ3) is 6.18. The van der Waals surface area contributed by atoms with Crippen molar-refractivity contribution in [1.82, 2.24) is 10.2 Å². The lowest BCUT2D eigenvalue weighted by atomic mass is 10.2. The smallest absolute Gasteiger partial charge is 0.319 e. The molecular weight excluding hydrogens is 433 g/mol. The number of hydrogen-bond acceptors (Lipinski definition) is 5. The number of para-hydroxylation sites is 1. The van der Waals surface area contributed by atoms with E-state index in [9.17, 15) is 9.18 Å². The van der Waals surface area contributed by atoms with Crippen LogP contribution in [0, 0.1) is 5.82 Å². The number of hydrogen-bond donors (Lipinski definition) is 2. The molecule has 2 saturated heterocycles. The molecule has 3 atom stereocenters. The lowest BCUT2D eigenvalue weighted by Crippen LogP contribution is -2.52. The molecule has 0 radical (unpaired) electrons. The van der Waals surface area contributed by atoms with E-state index in [2.05, 4.69) is 51.6 Å². The zero-order valence-corrected chi connectivity index (χ0v) is 20.3. The first-order valence-corrected chi connectivity index (χ1v) is 12.2. The van der Waals surface area contributed by atoms with Gasteiger partial charge in [-0.15, -0.1) is 0 Å². The molecule has 2 aromatic rings. The van der Waals surface area contributed by atoms with Crippen LogP contribution in [-0.4, -0.2) is 75.0 Å². The largest absolute Gasteiger partial charge is 0.372 e. The second-order valence-electron chi connectivity index (χ2n) is 9.37. The topological polar surface area (TPSA) is 60.1 Å². The highest BCUT2D eigenvalue weighted by Gasteiger charge is 2.25. The molecule has 0 aromatic heterocycles. The highest BCUT2D eigenvalue weighted by atomic mass is 19.1. The van der Waals surface area contributed by atoms with Gasteiger partial charge in [0.1, 0.15) is 5.82 Å². The summed E-state index contributed by atoms with van der Waals surface area (Å²) < 4.78 is 20.5. The number of ether oxygens (including phenoxy) is 1. The van der Waals surface area contributed by atoms with E-state index in [4.69, 9.17) is 4.74 Å². The number of carbonyl (C=O) groups is 1. The van der Waals surface area contributed by atoms with Gasteiger partial charge in [-0.05, 0) is 51.1 Å². The van der Waals surface area contributed by atoms with Crippen molar-refractivity contribution in [3.63, 3.8) is 0 Å². The summed E-state index contributed by atoms with van der Waals surface area (Å²) in [5, 5.41) is 5.68. The number of carbonyl (C=O) groups excluding carboxylic acids is 1. The third-order valence-corrected chi connectivity index (χ3v) is 6.58. The van der Waals surface area contributed by atoms with Crippen LogP contribution < -0.4 is 20.4 Å². The van der Waals surface area contributed by atoms with Gasteiger partial charge in [-0.3, -0.25) is 4.90 Å². The molecule has 2 N–H and O–H groups in total. The van der Waals surface area contributed by atoms with Crippen LogP contribution in [0.15, 0.2) is 48.5 Å². The average Bonchev–Trinajstić information content (AvgIpc) is 2.82. The van der Waals surface area contributed by atoms with Gasteiger partial charge in [-0.25, -0.2) is 9.18 Å². The Morgan fingerprint density at radius 3 is 2.35 bits per heavy atom. The van der Waals surface area contributed by atoms with Gasteiger partial charge < -0.3 is 25.2 Å². The maximum absolute atomic E-state index is 14.8. The monoisotopic (exact) mass is 469 g/mol. The van der Waals surface area contributed by atoms with Crippen molar-refractivity contribution >= 4 is 23.1 Å². The first-order valence-electron chi connectivity index (χ1n) is 12.2. The minimum Gasteiger partial charge on any atom is -0.372 e. The summed E-state index contributed by atoms with van der Waals surface area (Å²) in [6.45, 7) is 11.8. The molecule has 0 bridgehead atoms. The summed E-state index contributed by atoms with van der Waals surface area (Å²) in [5.41, 5.74) is 2.23. The molecule has 0 saturated carbocycles. The van der Waals surface area contributed by atoms with E-state index in [1.165, 1.54) is 11.8 Å². The van der Waals surface area contributed by atoms with Crippen molar-refractivity contribution in [3.8, 4) is 0 Å². The molecule has 2 heterocycles. The van der Waals surface area contributed by atoms with Crippen molar-refractivity contribution in [2.45, 2.75) is 39.0 Å². The maximum Gasteiger partial charge on any atom is 0.319 e. The molecule has 2 aliphatic heterocycles. The van der Waals surface area contributed by atoms with Crippen molar-refractivity contribution in [1.29, 1.82) is 0 Å². The summed E-state index contributed by atoms with van der Waals surface area (Å²) in [7, 11) is 0. The van der Waals surface area contributed by atoms with Crippen molar-refractivity contribution in [2.75, 3.05) is 60.9 Å². The second-order valence-corrected chi connectivity index (χ2v) is 9.37. The Labute approximate surface area is 201 Å². The fourth-order valence-corrected chi connectivity index (χ4v) is 4.82. The Bertz CT molecular complexity index is 941. The van der Waals surface area contributed by atoms with Gasteiger partial charge >= 0.3 is 6.03 Å². The Hall–Kier alpha value is -2.84. The number of piperazine rings is 1. The van der Waals surface area contributed by atoms with Crippen LogP contribution in [0.5, 0.6) is 0 Å². The van der Waals surface area contributed by atoms with Gasteiger partial charge in [0.25, 0.3) is 0 Å². The Morgan fingerprint density at radius 2 is 1.71 bits per heavy atom. The minimum atomic E-state index is -0.344. The number of nitrogens with one attached hydrogen (secondary N) is 2. The molecule has 2 fully saturated rings. The number of rotatable bonds is 6. The van der Waals surface area contributed by atoms with E-state index in [0.29, 0.717) is 31.0 Å².